The molecule has 0 aromatic heterocycles. The Labute approximate surface area is 124 Å². The Hall–Kier alpha value is -0.750. The first-order chi connectivity index (χ1) is 9.27. The van der Waals surface area contributed by atoms with Crippen molar-refractivity contribution in [2.24, 2.45) is 5.41 Å². The van der Waals surface area contributed by atoms with E-state index in [1.807, 2.05) is 18.7 Å². The summed E-state index contributed by atoms with van der Waals surface area (Å²) in [6, 6.07) is -0.404. The van der Waals surface area contributed by atoms with Crippen LogP contribution in [0.4, 0.5) is 0 Å². The second kappa shape index (κ2) is 5.56. The molecule has 0 bridgehead atoms. The predicted octanol–water partition coefficient (Wildman–Crippen LogP) is 0.618. The zero-order valence-electron chi connectivity index (χ0n) is 12.4. The molecule has 0 saturated carbocycles. The Morgan fingerprint density at radius 3 is 2.50 bits per heavy atom. The number of hydrogen-bond donors (Lipinski definition) is 2. The Kier molecular flexibility index (Phi) is 4.35. The fourth-order valence-electron chi connectivity index (χ4n) is 2.51. The molecule has 2 saturated heterocycles. The van der Waals surface area contributed by atoms with E-state index in [4.69, 9.17) is 0 Å². The van der Waals surface area contributed by atoms with Crippen molar-refractivity contribution in [1.29, 1.82) is 0 Å². The number of carbonyl (C=O) groups excluding carboxylic acids is 2. The first-order valence-corrected chi connectivity index (χ1v) is 8.11. The number of thioether (sulfide) groups is 1. The summed E-state index contributed by atoms with van der Waals surface area (Å²) in [6.07, 6.45) is 1.63. The SMILES string of the molecule is CC1(CO)CCN(C(=O)C2CSC(C)(C)C(=O)N2)CC1. The number of piperidine rings is 1. The van der Waals surface area contributed by atoms with Crippen LogP contribution in [-0.4, -0.2) is 58.1 Å². The van der Waals surface area contributed by atoms with E-state index in [9.17, 15) is 14.7 Å². The second-order valence-corrected chi connectivity index (χ2v) is 8.28. The molecular formula is C14H24N2O3S. The van der Waals surface area contributed by atoms with E-state index in [1.165, 1.54) is 11.8 Å². The fourth-order valence-corrected chi connectivity index (χ4v) is 3.51. The first kappa shape index (κ1) is 15.6. The molecule has 2 fully saturated rings. The molecule has 0 aromatic rings. The van der Waals surface area contributed by atoms with E-state index in [-0.39, 0.29) is 23.8 Å². The quantitative estimate of drug-likeness (QED) is 0.784. The zero-order valence-corrected chi connectivity index (χ0v) is 13.3. The third kappa shape index (κ3) is 3.11. The van der Waals surface area contributed by atoms with E-state index in [0.717, 1.165) is 12.8 Å². The van der Waals surface area contributed by atoms with Crippen LogP contribution >= 0.6 is 11.8 Å². The van der Waals surface area contributed by atoms with Crippen LogP contribution in [0.3, 0.4) is 0 Å². The largest absolute Gasteiger partial charge is 0.396 e. The highest BCUT2D eigenvalue weighted by Crippen LogP contribution is 2.32. The molecule has 2 amide bonds. The minimum absolute atomic E-state index is 0.0151. The number of nitrogens with one attached hydrogen (secondary N) is 1. The highest BCUT2D eigenvalue weighted by atomic mass is 32.2. The minimum atomic E-state index is -0.450. The molecule has 2 N–H and O–H groups in total. The monoisotopic (exact) mass is 300 g/mol. The van der Waals surface area contributed by atoms with Gasteiger partial charge in [-0.25, -0.2) is 0 Å². The molecule has 0 aliphatic carbocycles. The van der Waals surface area contributed by atoms with E-state index >= 15 is 0 Å². The highest BCUT2D eigenvalue weighted by Gasteiger charge is 2.40. The molecule has 2 aliphatic rings. The fraction of sp³-hybridized carbons (Fsp3) is 0.857. The number of rotatable bonds is 2. The van der Waals surface area contributed by atoms with Crippen molar-refractivity contribution in [3.8, 4) is 0 Å². The summed E-state index contributed by atoms with van der Waals surface area (Å²) in [7, 11) is 0. The number of amides is 2. The predicted molar refractivity (Wildman–Crippen MR) is 79.5 cm³/mol. The summed E-state index contributed by atoms with van der Waals surface area (Å²) in [5.41, 5.74) is -0.0661. The van der Waals surface area contributed by atoms with Crippen molar-refractivity contribution in [2.45, 2.75) is 44.4 Å². The van der Waals surface area contributed by atoms with Gasteiger partial charge in [-0.3, -0.25) is 9.59 Å². The van der Waals surface area contributed by atoms with Crippen LogP contribution in [0.5, 0.6) is 0 Å². The Morgan fingerprint density at radius 2 is 2.00 bits per heavy atom. The van der Waals surface area contributed by atoms with Crippen molar-refractivity contribution in [1.82, 2.24) is 10.2 Å². The van der Waals surface area contributed by atoms with Gasteiger partial charge in [-0.05, 0) is 32.1 Å². The Morgan fingerprint density at radius 1 is 1.40 bits per heavy atom. The number of likely N-dealkylation sites (tertiary alicyclic amines) is 1. The van der Waals surface area contributed by atoms with Gasteiger partial charge in [-0.2, -0.15) is 0 Å². The van der Waals surface area contributed by atoms with Crippen LogP contribution in [0.1, 0.15) is 33.6 Å². The summed E-state index contributed by atoms with van der Waals surface area (Å²) in [5.74, 6) is 0.580. The van der Waals surface area contributed by atoms with Crippen molar-refractivity contribution < 1.29 is 14.7 Å². The second-order valence-electron chi connectivity index (χ2n) is 6.64. The highest BCUT2D eigenvalue weighted by molar-refractivity contribution is 8.01. The van der Waals surface area contributed by atoms with Gasteiger partial charge >= 0.3 is 0 Å². The third-order valence-electron chi connectivity index (χ3n) is 4.43. The molecule has 114 valence electrons. The van der Waals surface area contributed by atoms with Gasteiger partial charge in [0.05, 0.1) is 4.75 Å². The molecule has 0 radical (unpaired) electrons. The van der Waals surface area contributed by atoms with Crippen LogP contribution in [-0.2, 0) is 9.59 Å². The van der Waals surface area contributed by atoms with Crippen LogP contribution in [0.15, 0.2) is 0 Å². The van der Waals surface area contributed by atoms with Crippen LogP contribution in [0.2, 0.25) is 0 Å². The van der Waals surface area contributed by atoms with E-state index in [1.54, 1.807) is 0 Å². The Bertz CT molecular complexity index is 403. The molecule has 5 nitrogen and oxygen atoms in total. The van der Waals surface area contributed by atoms with E-state index in [2.05, 4.69) is 12.2 Å². The number of hydrogen-bond acceptors (Lipinski definition) is 4. The Balaban J connectivity index is 1.92. The van der Waals surface area contributed by atoms with E-state index in [0.29, 0.717) is 18.8 Å². The maximum atomic E-state index is 12.4. The topological polar surface area (TPSA) is 69.6 Å². The van der Waals surface area contributed by atoms with Gasteiger partial charge in [0.2, 0.25) is 11.8 Å². The molecular weight excluding hydrogens is 276 g/mol. The van der Waals surface area contributed by atoms with Gasteiger partial charge in [0.1, 0.15) is 6.04 Å². The molecule has 2 rings (SSSR count). The lowest BCUT2D eigenvalue weighted by molar-refractivity contribution is -0.138. The number of carbonyl (C=O) groups is 2. The lowest BCUT2D eigenvalue weighted by atomic mass is 9.81. The molecule has 2 aliphatic heterocycles. The molecule has 1 unspecified atom stereocenters. The van der Waals surface area contributed by atoms with Gasteiger partial charge in [0, 0.05) is 25.4 Å². The lowest BCUT2D eigenvalue weighted by Crippen LogP contribution is -2.59. The van der Waals surface area contributed by atoms with Crippen LogP contribution in [0, 0.1) is 5.41 Å². The summed E-state index contributed by atoms with van der Waals surface area (Å²) >= 11 is 1.53. The molecule has 2 heterocycles. The molecule has 1 atom stereocenters. The third-order valence-corrected chi connectivity index (χ3v) is 5.83. The summed E-state index contributed by atoms with van der Waals surface area (Å²) in [4.78, 5) is 26.2. The van der Waals surface area contributed by atoms with Gasteiger partial charge in [-0.15, -0.1) is 11.8 Å². The molecule has 6 heteroatoms. The van der Waals surface area contributed by atoms with Crippen molar-refractivity contribution in [3.05, 3.63) is 0 Å². The van der Waals surface area contributed by atoms with Crippen molar-refractivity contribution in [2.75, 3.05) is 25.4 Å². The number of aliphatic hydroxyl groups is 1. The van der Waals surface area contributed by atoms with Gasteiger partial charge in [-0.1, -0.05) is 6.92 Å². The molecule has 0 spiro atoms. The molecule has 0 aromatic carbocycles. The molecule has 20 heavy (non-hydrogen) atoms. The van der Waals surface area contributed by atoms with Crippen LogP contribution in [0.25, 0.3) is 0 Å². The normalized spacial score (nSPS) is 28.9. The average molecular weight is 300 g/mol. The maximum Gasteiger partial charge on any atom is 0.246 e. The zero-order chi connectivity index (χ0) is 15.0. The standard InChI is InChI=1S/C14H24N2O3S/c1-13(2)12(19)15-10(8-20-13)11(18)16-6-4-14(3,9-17)5-7-16/h10,17H,4-9H2,1-3H3,(H,15,19). The minimum Gasteiger partial charge on any atom is -0.396 e. The first-order valence-electron chi connectivity index (χ1n) is 7.12. The maximum absolute atomic E-state index is 12.4. The summed E-state index contributed by atoms with van der Waals surface area (Å²) in [5, 5.41) is 12.2. The number of aliphatic hydroxyl groups excluding tert-OH is 1. The average Bonchev–Trinajstić information content (AvgIpc) is 2.42. The van der Waals surface area contributed by atoms with Crippen LogP contribution < -0.4 is 5.32 Å². The van der Waals surface area contributed by atoms with Gasteiger partial charge in [0.25, 0.3) is 0 Å². The van der Waals surface area contributed by atoms with E-state index < -0.39 is 10.8 Å². The summed E-state index contributed by atoms with van der Waals surface area (Å²) < 4.78 is -0.450. The smallest absolute Gasteiger partial charge is 0.246 e. The van der Waals surface area contributed by atoms with Gasteiger partial charge < -0.3 is 15.3 Å². The van der Waals surface area contributed by atoms with Gasteiger partial charge in [0.15, 0.2) is 0 Å². The lowest BCUT2D eigenvalue weighted by Gasteiger charge is -2.41. The van der Waals surface area contributed by atoms with Crippen molar-refractivity contribution in [3.63, 3.8) is 0 Å². The summed E-state index contributed by atoms with van der Waals surface area (Å²) in [6.45, 7) is 7.30. The van der Waals surface area contributed by atoms with Crippen molar-refractivity contribution >= 4 is 23.6 Å². The number of nitrogens with zero attached hydrogens (tertiary/aromatic N) is 1.